The van der Waals surface area contributed by atoms with E-state index in [0.29, 0.717) is 19.4 Å². The van der Waals surface area contributed by atoms with E-state index in [1.807, 2.05) is 103 Å². The Bertz CT molecular complexity index is 1910. The number of fused-ring (bicyclic) bond motifs is 1. The van der Waals surface area contributed by atoms with Crippen LogP contribution in [0.2, 0.25) is 0 Å². The zero-order valence-corrected chi connectivity index (χ0v) is 25.9. The summed E-state index contributed by atoms with van der Waals surface area (Å²) in [6.45, 7) is 0.988. The van der Waals surface area contributed by atoms with Crippen molar-refractivity contribution in [3.05, 3.63) is 150 Å². The molecular formula is C37H37N7O3. The van der Waals surface area contributed by atoms with Crippen LogP contribution < -0.4 is 0 Å². The molecule has 10 heteroatoms. The molecule has 6 aromatic rings. The molecule has 0 bridgehead atoms. The largest absolute Gasteiger partial charge is 0.388 e. The first-order valence-electron chi connectivity index (χ1n) is 15.9. The molecule has 2 aromatic heterocycles. The summed E-state index contributed by atoms with van der Waals surface area (Å²) in [6.07, 6.45) is 3.41. The number of rotatable bonds is 10. The van der Waals surface area contributed by atoms with Gasteiger partial charge in [0.25, 0.3) is 0 Å². The number of urea groups is 1. The smallest absolute Gasteiger partial charge is 0.321 e. The highest BCUT2D eigenvalue weighted by Gasteiger charge is 2.46. The van der Waals surface area contributed by atoms with Gasteiger partial charge in [0.1, 0.15) is 12.2 Å². The minimum Gasteiger partial charge on any atom is -0.388 e. The second kappa shape index (κ2) is 13.6. The molecule has 4 atom stereocenters. The summed E-state index contributed by atoms with van der Waals surface area (Å²) >= 11 is 0. The van der Waals surface area contributed by atoms with Gasteiger partial charge in [-0.1, -0.05) is 91.0 Å². The number of carbonyl (C=O) groups excluding carboxylic acids is 1. The highest BCUT2D eigenvalue weighted by molar-refractivity contribution is 5.79. The van der Waals surface area contributed by atoms with Gasteiger partial charge >= 0.3 is 6.03 Å². The summed E-state index contributed by atoms with van der Waals surface area (Å²) in [5.41, 5.74) is 5.65. The normalized spacial score (nSPS) is 20.1. The number of hydrogen-bond acceptors (Lipinski definition) is 6. The van der Waals surface area contributed by atoms with Crippen molar-refractivity contribution in [1.29, 1.82) is 0 Å². The molecule has 0 saturated carbocycles. The lowest BCUT2D eigenvalue weighted by molar-refractivity contribution is -0.0408. The van der Waals surface area contributed by atoms with E-state index in [2.05, 4.69) is 20.4 Å². The Hall–Kier alpha value is -5.32. The van der Waals surface area contributed by atoms with Crippen molar-refractivity contribution in [2.75, 3.05) is 0 Å². The zero-order chi connectivity index (χ0) is 32.2. The van der Waals surface area contributed by atoms with Gasteiger partial charge in [-0.2, -0.15) is 20.1 Å². The van der Waals surface area contributed by atoms with Crippen LogP contribution in [0.15, 0.2) is 122 Å². The number of aliphatic hydroxyl groups is 2. The predicted octanol–water partition coefficient (Wildman–Crippen LogP) is 4.58. The Morgan fingerprint density at radius 1 is 0.617 bits per heavy atom. The van der Waals surface area contributed by atoms with Crippen LogP contribution in [0.1, 0.15) is 27.8 Å². The number of aliphatic hydroxyl groups excluding tert-OH is 2. The number of nitrogens with one attached hydrogen (secondary N) is 1. The molecular weight excluding hydrogens is 590 g/mol. The van der Waals surface area contributed by atoms with Crippen LogP contribution in [0.4, 0.5) is 4.79 Å². The maximum absolute atomic E-state index is 15.0. The Kier molecular flexibility index (Phi) is 8.77. The van der Waals surface area contributed by atoms with Gasteiger partial charge in [0, 0.05) is 18.5 Å². The summed E-state index contributed by atoms with van der Waals surface area (Å²) in [7, 11) is 0. The van der Waals surface area contributed by atoms with E-state index in [9.17, 15) is 15.0 Å². The van der Waals surface area contributed by atoms with E-state index in [1.165, 1.54) is 0 Å². The van der Waals surface area contributed by atoms with Crippen molar-refractivity contribution in [3.63, 3.8) is 0 Å². The summed E-state index contributed by atoms with van der Waals surface area (Å²) in [4.78, 5) is 20.1. The Balaban J connectivity index is 1.28. The molecule has 4 aromatic carbocycles. The van der Waals surface area contributed by atoms with Crippen molar-refractivity contribution in [3.8, 4) is 0 Å². The lowest BCUT2D eigenvalue weighted by atomic mass is 9.91. The van der Waals surface area contributed by atoms with Gasteiger partial charge in [-0.15, -0.1) is 0 Å². The summed E-state index contributed by atoms with van der Waals surface area (Å²) in [6, 6.07) is 32.0. The first-order chi connectivity index (χ1) is 23.0. The highest BCUT2D eigenvalue weighted by Crippen LogP contribution is 2.30. The molecule has 3 N–H and O–H groups in total. The average Bonchev–Trinajstić information content (AvgIpc) is 3.79. The highest BCUT2D eigenvalue weighted by atomic mass is 16.3. The van der Waals surface area contributed by atoms with Crippen LogP contribution >= 0.6 is 0 Å². The van der Waals surface area contributed by atoms with Crippen LogP contribution in [-0.2, 0) is 32.5 Å². The fourth-order valence-corrected chi connectivity index (χ4v) is 6.61. The number of aromatic amines is 1. The minimum absolute atomic E-state index is 0.242. The van der Waals surface area contributed by atoms with Gasteiger partial charge in [-0.3, -0.25) is 5.10 Å². The third-order valence-electron chi connectivity index (χ3n) is 9.00. The van der Waals surface area contributed by atoms with E-state index in [0.717, 1.165) is 38.7 Å². The van der Waals surface area contributed by atoms with Gasteiger partial charge in [-0.05, 0) is 52.8 Å². The Morgan fingerprint density at radius 3 is 1.74 bits per heavy atom. The number of amides is 2. The first-order valence-corrected chi connectivity index (χ1v) is 15.9. The maximum Gasteiger partial charge on any atom is 0.321 e. The molecule has 0 unspecified atom stereocenters. The number of hydrogen-bond donors (Lipinski definition) is 3. The van der Waals surface area contributed by atoms with Crippen LogP contribution in [0.5, 0.6) is 0 Å². The van der Waals surface area contributed by atoms with Crippen molar-refractivity contribution in [1.82, 2.24) is 35.0 Å². The van der Waals surface area contributed by atoms with E-state index in [-0.39, 0.29) is 19.1 Å². The van der Waals surface area contributed by atoms with E-state index in [1.54, 1.807) is 33.2 Å². The molecule has 0 spiro atoms. The Morgan fingerprint density at radius 2 is 1.15 bits per heavy atom. The van der Waals surface area contributed by atoms with Gasteiger partial charge in [0.15, 0.2) is 0 Å². The summed E-state index contributed by atoms with van der Waals surface area (Å²) in [5.74, 6) is 0. The molecule has 1 aliphatic rings. The fraction of sp³-hybridized carbons (Fsp3) is 0.243. The number of H-pyrrole nitrogens is 1. The summed E-state index contributed by atoms with van der Waals surface area (Å²) < 4.78 is 0. The standard InChI is InChI=1S/C37H37N7O3/c45-35-33(20-26-8-3-1-4-9-26)42(23-28-12-7-13-29(18-28)25-44-39-16-17-40-44)37(47)43(24-30-14-15-32-31(19-30)22-38-41-32)34(36(35)46)21-27-10-5-2-6-11-27/h1-19,22,33-36,45-46H,20-21,23-25H2,(H,38,41)/t33-,34-,35+,36+/m1/s1. The van der Waals surface area contributed by atoms with Gasteiger partial charge in [-0.25, -0.2) is 4.79 Å². The zero-order valence-electron chi connectivity index (χ0n) is 25.9. The van der Waals surface area contributed by atoms with Crippen LogP contribution in [0.25, 0.3) is 10.9 Å². The number of benzene rings is 4. The minimum atomic E-state index is -1.20. The first kappa shape index (κ1) is 30.3. The van der Waals surface area contributed by atoms with Crippen LogP contribution in [0.3, 0.4) is 0 Å². The van der Waals surface area contributed by atoms with Gasteiger partial charge < -0.3 is 20.0 Å². The quantitative estimate of drug-likeness (QED) is 0.204. The second-order valence-corrected chi connectivity index (χ2v) is 12.2. The lowest BCUT2D eigenvalue weighted by Gasteiger charge is -2.36. The molecule has 1 saturated heterocycles. The van der Waals surface area contributed by atoms with E-state index >= 15 is 0 Å². The molecule has 0 aliphatic carbocycles. The monoisotopic (exact) mass is 627 g/mol. The number of nitrogens with zero attached hydrogens (tertiary/aromatic N) is 6. The van der Waals surface area contributed by atoms with Gasteiger partial charge in [0.05, 0.1) is 42.7 Å². The molecule has 3 heterocycles. The van der Waals surface area contributed by atoms with Gasteiger partial charge in [0.2, 0.25) is 0 Å². The van der Waals surface area contributed by atoms with E-state index in [4.69, 9.17) is 0 Å². The van der Waals surface area contributed by atoms with Crippen molar-refractivity contribution in [2.24, 2.45) is 0 Å². The molecule has 7 rings (SSSR count). The molecule has 47 heavy (non-hydrogen) atoms. The SMILES string of the molecule is O=C1N(Cc2cccc(Cn3nccn3)c2)[C@H](Cc2ccccc2)[C@H](O)[C@@H](O)[C@@H](Cc2ccccc2)N1Cc1ccc2[nH]ncc2c1. The van der Waals surface area contributed by atoms with E-state index < -0.39 is 24.3 Å². The topological polar surface area (TPSA) is 123 Å². The third-order valence-corrected chi connectivity index (χ3v) is 9.00. The third kappa shape index (κ3) is 6.79. The van der Waals surface area contributed by atoms with Crippen molar-refractivity contribution >= 4 is 16.9 Å². The predicted molar refractivity (Wildman–Crippen MR) is 178 cm³/mol. The average molecular weight is 628 g/mol. The maximum atomic E-state index is 15.0. The fourth-order valence-electron chi connectivity index (χ4n) is 6.61. The van der Waals surface area contributed by atoms with Crippen LogP contribution in [0, 0.1) is 0 Å². The van der Waals surface area contributed by atoms with Crippen molar-refractivity contribution < 1.29 is 15.0 Å². The summed E-state index contributed by atoms with van der Waals surface area (Å²) in [5, 5.41) is 40.6. The molecule has 10 nitrogen and oxygen atoms in total. The number of aromatic nitrogens is 5. The second-order valence-electron chi connectivity index (χ2n) is 12.2. The molecule has 238 valence electrons. The Labute approximate surface area is 272 Å². The molecule has 1 fully saturated rings. The molecule has 0 radical (unpaired) electrons. The van der Waals surface area contributed by atoms with Crippen LogP contribution in [-0.4, -0.2) is 75.5 Å². The number of carbonyl (C=O) groups is 1. The molecule has 1 aliphatic heterocycles. The lowest BCUT2D eigenvalue weighted by Crippen LogP contribution is -2.50. The van der Waals surface area contributed by atoms with Crippen molar-refractivity contribution in [2.45, 2.75) is 56.8 Å². The molecule has 2 amide bonds.